The molecule has 0 unspecified atom stereocenters. The van der Waals surface area contributed by atoms with E-state index in [2.05, 4.69) is 24.1 Å². The molecule has 0 radical (unpaired) electrons. The fraction of sp³-hybridized carbons (Fsp3) is 0.600. The van der Waals surface area contributed by atoms with Crippen LogP contribution in [0.25, 0.3) is 0 Å². The van der Waals surface area contributed by atoms with E-state index in [1.807, 2.05) is 26.0 Å². The monoisotopic (exact) mass is 248 g/mol. The van der Waals surface area contributed by atoms with Gasteiger partial charge < -0.3 is 5.32 Å². The second-order valence-corrected chi connectivity index (χ2v) is 4.83. The molecule has 1 heterocycles. The van der Waals surface area contributed by atoms with Crippen LogP contribution in [-0.2, 0) is 0 Å². The van der Waals surface area contributed by atoms with Gasteiger partial charge in [-0.25, -0.2) is 0 Å². The molecular formula is C15H24N2O. The maximum atomic E-state index is 12.2. The maximum absolute atomic E-state index is 12.2. The van der Waals surface area contributed by atoms with E-state index in [9.17, 15) is 4.79 Å². The lowest BCUT2D eigenvalue weighted by atomic mass is 10.1. The van der Waals surface area contributed by atoms with Gasteiger partial charge in [0.25, 0.3) is 5.91 Å². The van der Waals surface area contributed by atoms with Gasteiger partial charge in [-0.3, -0.25) is 9.78 Å². The number of amides is 1. The molecule has 0 spiro atoms. The van der Waals surface area contributed by atoms with Gasteiger partial charge >= 0.3 is 0 Å². The zero-order valence-electron chi connectivity index (χ0n) is 11.9. The maximum Gasteiger partial charge on any atom is 0.253 e. The minimum atomic E-state index is 0.00639. The Morgan fingerprint density at radius 2 is 1.83 bits per heavy atom. The van der Waals surface area contributed by atoms with Crippen molar-refractivity contribution in [1.29, 1.82) is 0 Å². The molecular weight excluding hydrogens is 224 g/mol. The molecule has 0 fully saturated rings. The van der Waals surface area contributed by atoms with Crippen molar-refractivity contribution in [3.63, 3.8) is 0 Å². The minimum Gasteiger partial charge on any atom is -0.349 e. The van der Waals surface area contributed by atoms with Crippen LogP contribution in [0.15, 0.2) is 12.1 Å². The van der Waals surface area contributed by atoms with E-state index in [4.69, 9.17) is 0 Å². The highest BCUT2D eigenvalue weighted by molar-refractivity contribution is 5.95. The van der Waals surface area contributed by atoms with Gasteiger partial charge in [0.2, 0.25) is 0 Å². The summed E-state index contributed by atoms with van der Waals surface area (Å²) in [5, 5.41) is 3.12. The van der Waals surface area contributed by atoms with Crippen molar-refractivity contribution in [3.05, 3.63) is 29.1 Å². The van der Waals surface area contributed by atoms with Crippen molar-refractivity contribution in [1.82, 2.24) is 10.3 Å². The zero-order chi connectivity index (χ0) is 13.5. The quantitative estimate of drug-likeness (QED) is 0.838. The van der Waals surface area contributed by atoms with Gasteiger partial charge in [0.15, 0.2) is 0 Å². The number of nitrogens with zero attached hydrogens (tertiary/aromatic N) is 1. The molecule has 1 amide bonds. The topological polar surface area (TPSA) is 42.0 Å². The predicted octanol–water partition coefficient (Wildman–Crippen LogP) is 3.40. The molecule has 1 aromatic heterocycles. The van der Waals surface area contributed by atoms with Gasteiger partial charge in [-0.15, -0.1) is 0 Å². The third kappa shape index (κ3) is 4.13. The first-order valence-corrected chi connectivity index (χ1v) is 6.83. The van der Waals surface area contributed by atoms with Crippen LogP contribution in [0.5, 0.6) is 0 Å². The number of nitrogens with one attached hydrogen (secondary N) is 1. The fourth-order valence-corrected chi connectivity index (χ4v) is 2.18. The van der Waals surface area contributed by atoms with Crippen LogP contribution in [0.3, 0.4) is 0 Å². The lowest BCUT2D eigenvalue weighted by Gasteiger charge is -2.18. The van der Waals surface area contributed by atoms with Crippen molar-refractivity contribution in [2.24, 2.45) is 0 Å². The molecule has 3 nitrogen and oxygen atoms in total. The van der Waals surface area contributed by atoms with Gasteiger partial charge in [-0.05, 0) is 38.8 Å². The summed E-state index contributed by atoms with van der Waals surface area (Å²) in [6.07, 6.45) is 4.27. The van der Waals surface area contributed by atoms with Crippen LogP contribution in [0, 0.1) is 13.8 Å². The Hall–Kier alpha value is -1.38. The Balaban J connectivity index is 2.73. The summed E-state index contributed by atoms with van der Waals surface area (Å²) in [7, 11) is 0. The lowest BCUT2D eigenvalue weighted by Crippen LogP contribution is -2.35. The summed E-state index contributed by atoms with van der Waals surface area (Å²) in [6.45, 7) is 8.11. The van der Waals surface area contributed by atoms with E-state index < -0.39 is 0 Å². The molecule has 18 heavy (non-hydrogen) atoms. The smallest absolute Gasteiger partial charge is 0.253 e. The number of pyridine rings is 1. The van der Waals surface area contributed by atoms with Crippen LogP contribution in [-0.4, -0.2) is 16.9 Å². The Morgan fingerprint density at radius 1 is 1.22 bits per heavy atom. The molecule has 0 saturated carbocycles. The largest absolute Gasteiger partial charge is 0.349 e. The molecule has 0 aliphatic carbocycles. The van der Waals surface area contributed by atoms with Gasteiger partial charge in [-0.1, -0.05) is 26.7 Å². The second-order valence-electron chi connectivity index (χ2n) is 4.83. The van der Waals surface area contributed by atoms with E-state index in [-0.39, 0.29) is 11.9 Å². The van der Waals surface area contributed by atoms with Gasteiger partial charge in [-0.2, -0.15) is 0 Å². The number of aryl methyl sites for hydroxylation is 2. The van der Waals surface area contributed by atoms with E-state index in [1.165, 1.54) is 0 Å². The molecule has 0 aliphatic heterocycles. The van der Waals surface area contributed by atoms with Gasteiger partial charge in [0, 0.05) is 11.7 Å². The average molecular weight is 248 g/mol. The van der Waals surface area contributed by atoms with Crippen LogP contribution in [0.4, 0.5) is 0 Å². The first-order valence-electron chi connectivity index (χ1n) is 6.83. The summed E-state index contributed by atoms with van der Waals surface area (Å²) in [4.78, 5) is 16.5. The second kappa shape index (κ2) is 7.14. The summed E-state index contributed by atoms with van der Waals surface area (Å²) in [5.74, 6) is 0.00639. The summed E-state index contributed by atoms with van der Waals surface area (Å²) >= 11 is 0. The highest BCUT2D eigenvalue weighted by atomic mass is 16.1. The Labute approximate surface area is 110 Å². The van der Waals surface area contributed by atoms with Crippen LogP contribution in [0.1, 0.15) is 61.3 Å². The van der Waals surface area contributed by atoms with Crippen molar-refractivity contribution < 1.29 is 4.79 Å². The molecule has 1 N–H and O–H groups in total. The molecule has 0 aromatic carbocycles. The highest BCUT2D eigenvalue weighted by Crippen LogP contribution is 2.09. The third-order valence-corrected chi connectivity index (χ3v) is 3.08. The lowest BCUT2D eigenvalue weighted by molar-refractivity contribution is 0.0931. The number of carbonyl (C=O) groups excluding carboxylic acids is 1. The van der Waals surface area contributed by atoms with Crippen LogP contribution >= 0.6 is 0 Å². The van der Waals surface area contributed by atoms with E-state index in [0.717, 1.165) is 37.1 Å². The highest BCUT2D eigenvalue weighted by Gasteiger charge is 2.14. The van der Waals surface area contributed by atoms with Gasteiger partial charge in [0.1, 0.15) is 0 Å². The molecule has 0 aliphatic rings. The molecule has 1 aromatic rings. The Morgan fingerprint density at radius 3 is 2.33 bits per heavy atom. The average Bonchev–Trinajstić information content (AvgIpc) is 2.29. The SMILES string of the molecule is CCCC(CCC)NC(=O)c1ccc(C)nc1C. The number of aromatic nitrogens is 1. The van der Waals surface area contributed by atoms with E-state index in [1.54, 1.807) is 0 Å². The van der Waals surface area contributed by atoms with Crippen molar-refractivity contribution in [2.75, 3.05) is 0 Å². The van der Waals surface area contributed by atoms with Crippen LogP contribution in [0.2, 0.25) is 0 Å². The molecule has 0 bridgehead atoms. The first kappa shape index (κ1) is 14.7. The molecule has 1 rings (SSSR count). The van der Waals surface area contributed by atoms with Crippen LogP contribution < -0.4 is 5.32 Å². The summed E-state index contributed by atoms with van der Waals surface area (Å²) < 4.78 is 0. The Bertz CT molecular complexity index is 395. The summed E-state index contributed by atoms with van der Waals surface area (Å²) in [6, 6.07) is 4.03. The van der Waals surface area contributed by atoms with Crippen molar-refractivity contribution >= 4 is 5.91 Å². The molecule has 0 saturated heterocycles. The predicted molar refractivity (Wildman–Crippen MR) is 74.8 cm³/mol. The molecule has 100 valence electrons. The molecule has 3 heteroatoms. The summed E-state index contributed by atoms with van der Waals surface area (Å²) in [5.41, 5.74) is 2.44. The first-order chi connectivity index (χ1) is 8.58. The fourth-order valence-electron chi connectivity index (χ4n) is 2.18. The normalized spacial score (nSPS) is 10.7. The Kier molecular flexibility index (Phi) is 5.83. The van der Waals surface area contributed by atoms with Gasteiger partial charge in [0.05, 0.1) is 11.3 Å². The van der Waals surface area contributed by atoms with E-state index >= 15 is 0 Å². The third-order valence-electron chi connectivity index (χ3n) is 3.08. The number of hydrogen-bond acceptors (Lipinski definition) is 2. The minimum absolute atomic E-state index is 0.00639. The zero-order valence-corrected chi connectivity index (χ0v) is 11.9. The van der Waals surface area contributed by atoms with E-state index in [0.29, 0.717) is 5.56 Å². The molecule has 0 atom stereocenters. The van der Waals surface area contributed by atoms with Crippen molar-refractivity contribution in [2.45, 2.75) is 59.4 Å². The number of carbonyl (C=O) groups is 1. The van der Waals surface area contributed by atoms with Crippen molar-refractivity contribution in [3.8, 4) is 0 Å². The standard InChI is InChI=1S/C15H24N2O/c1-5-7-13(8-6-2)17-15(18)14-10-9-11(3)16-12(14)4/h9-10,13H,5-8H2,1-4H3,(H,17,18). The number of rotatable bonds is 6. The number of hydrogen-bond donors (Lipinski definition) is 1.